The van der Waals surface area contributed by atoms with Crippen LogP contribution >= 0.6 is 0 Å². The number of nitrogens with zero attached hydrogens (tertiary/aromatic N) is 3. The van der Waals surface area contributed by atoms with Gasteiger partial charge in [-0.2, -0.15) is 13.2 Å². The first-order valence-corrected chi connectivity index (χ1v) is 11.0. The van der Waals surface area contributed by atoms with E-state index < -0.39 is 52.9 Å². The predicted octanol–water partition coefficient (Wildman–Crippen LogP) is 4.56. The summed E-state index contributed by atoms with van der Waals surface area (Å²) in [6, 6.07) is 5.09. The molecule has 3 aromatic rings. The molecule has 0 bridgehead atoms. The first kappa shape index (κ1) is 25.1. The van der Waals surface area contributed by atoms with Gasteiger partial charge in [0.1, 0.15) is 43.0 Å². The third-order valence-corrected chi connectivity index (χ3v) is 6.37. The zero-order valence-corrected chi connectivity index (χ0v) is 19.4. The van der Waals surface area contributed by atoms with Crippen molar-refractivity contribution < 1.29 is 41.1 Å². The number of rotatable bonds is 7. The second kappa shape index (κ2) is 8.56. The number of alkyl halides is 3. The number of hydrogen-bond acceptors (Lipinski definition) is 4. The quantitative estimate of drug-likeness (QED) is 0.295. The molecule has 1 saturated heterocycles. The van der Waals surface area contributed by atoms with E-state index in [1.165, 1.54) is 42.6 Å². The number of ether oxygens (including phenoxy) is 1. The minimum absolute atomic E-state index is 0.0662. The Morgan fingerprint density at radius 1 is 1.17 bits per heavy atom. The van der Waals surface area contributed by atoms with E-state index >= 15 is 0 Å². The number of aromatic nitrogens is 2. The third-order valence-electron chi connectivity index (χ3n) is 6.37. The standard InChI is InChI=1S/C24H25F5N3O3/c1-14-20(22(33)32(10-11-32)19(23(2,3)34)12-24(27,28)29)31-9-5-8-18(21(31)30-14)35-13-15-16(25)6-4-7-17(15)26/h4-9,19,34H,10-13H2,1-3H3/q+1. The SMILES string of the molecule is Cc1nc2c(OCc3c(F)cccc3F)cccn2c1C(=O)[N+]1(C(CC(F)(F)F)C(C)(C)O)CC1. The molecule has 0 spiro atoms. The smallest absolute Gasteiger partial charge is 0.394 e. The van der Waals surface area contributed by atoms with Crippen molar-refractivity contribution in [3.63, 3.8) is 0 Å². The van der Waals surface area contributed by atoms with Crippen LogP contribution in [0, 0.1) is 18.6 Å². The molecule has 1 aliphatic rings. The van der Waals surface area contributed by atoms with Crippen molar-refractivity contribution in [2.45, 2.75) is 51.6 Å². The van der Waals surface area contributed by atoms with E-state index in [2.05, 4.69) is 4.98 Å². The van der Waals surface area contributed by atoms with Crippen LogP contribution in [0.25, 0.3) is 5.65 Å². The molecule has 1 fully saturated rings. The molecule has 1 atom stereocenters. The highest BCUT2D eigenvalue weighted by atomic mass is 19.4. The maximum atomic E-state index is 14.0. The van der Waals surface area contributed by atoms with Crippen LogP contribution in [0.5, 0.6) is 5.75 Å². The maximum Gasteiger partial charge on any atom is 0.394 e. The fraction of sp³-hybridized carbons (Fsp3) is 0.417. The number of pyridine rings is 1. The molecular weight excluding hydrogens is 473 g/mol. The first-order chi connectivity index (χ1) is 16.2. The first-order valence-electron chi connectivity index (χ1n) is 11.0. The Hall–Kier alpha value is -3.05. The minimum atomic E-state index is -4.57. The third kappa shape index (κ3) is 4.74. The number of amides is 1. The van der Waals surface area contributed by atoms with Crippen LogP contribution in [0.4, 0.5) is 22.0 Å². The van der Waals surface area contributed by atoms with E-state index in [0.29, 0.717) is 0 Å². The van der Waals surface area contributed by atoms with Gasteiger partial charge >= 0.3 is 12.1 Å². The van der Waals surface area contributed by atoms with E-state index in [4.69, 9.17) is 4.74 Å². The zero-order chi connectivity index (χ0) is 25.8. The summed E-state index contributed by atoms with van der Waals surface area (Å²) in [7, 11) is 0. The number of benzene rings is 1. The number of carbonyl (C=O) groups excluding carboxylic acids is 1. The van der Waals surface area contributed by atoms with Crippen molar-refractivity contribution in [2.75, 3.05) is 13.1 Å². The Labute approximate surface area is 198 Å². The van der Waals surface area contributed by atoms with Crippen molar-refractivity contribution in [3.8, 4) is 5.75 Å². The van der Waals surface area contributed by atoms with Gasteiger partial charge in [0.25, 0.3) is 0 Å². The van der Waals surface area contributed by atoms with Gasteiger partial charge in [-0.15, -0.1) is 0 Å². The number of fused-ring (bicyclic) bond motifs is 1. The molecule has 1 amide bonds. The molecule has 35 heavy (non-hydrogen) atoms. The molecule has 3 heterocycles. The molecule has 11 heteroatoms. The predicted molar refractivity (Wildman–Crippen MR) is 116 cm³/mol. The molecule has 1 unspecified atom stereocenters. The highest BCUT2D eigenvalue weighted by molar-refractivity contribution is 5.91. The molecule has 0 saturated carbocycles. The summed E-state index contributed by atoms with van der Waals surface area (Å²) >= 11 is 0. The van der Waals surface area contributed by atoms with Crippen LogP contribution in [0.15, 0.2) is 36.5 Å². The maximum absolute atomic E-state index is 14.0. The summed E-state index contributed by atoms with van der Waals surface area (Å²) in [4.78, 5) is 18.0. The Balaban J connectivity index is 1.70. The Morgan fingerprint density at radius 2 is 1.80 bits per heavy atom. The Kier molecular flexibility index (Phi) is 6.13. The largest absolute Gasteiger partial charge is 0.485 e. The lowest BCUT2D eigenvalue weighted by Gasteiger charge is -2.35. The van der Waals surface area contributed by atoms with Gasteiger partial charge in [0.05, 0.1) is 17.7 Å². The van der Waals surface area contributed by atoms with Crippen LogP contribution in [0.2, 0.25) is 0 Å². The molecule has 188 valence electrons. The van der Waals surface area contributed by atoms with Crippen molar-refractivity contribution >= 4 is 11.6 Å². The number of carbonyl (C=O) groups is 1. The molecule has 0 radical (unpaired) electrons. The lowest BCUT2D eigenvalue weighted by Crippen LogP contribution is -2.56. The number of aliphatic hydroxyl groups is 1. The average molecular weight is 498 g/mol. The van der Waals surface area contributed by atoms with Crippen LogP contribution in [-0.2, 0) is 6.61 Å². The van der Waals surface area contributed by atoms with Gasteiger partial charge in [-0.25, -0.2) is 23.0 Å². The minimum Gasteiger partial charge on any atom is -0.485 e. The van der Waals surface area contributed by atoms with Crippen molar-refractivity contribution in [1.82, 2.24) is 9.38 Å². The van der Waals surface area contributed by atoms with E-state index in [1.54, 1.807) is 6.92 Å². The average Bonchev–Trinajstić information content (AvgIpc) is 3.47. The van der Waals surface area contributed by atoms with Gasteiger partial charge in [0.15, 0.2) is 17.1 Å². The summed E-state index contributed by atoms with van der Waals surface area (Å²) in [5, 5.41) is 10.5. The normalized spacial score (nSPS) is 16.4. The molecule has 4 rings (SSSR count). The lowest BCUT2D eigenvalue weighted by molar-refractivity contribution is -0.756. The van der Waals surface area contributed by atoms with E-state index in [9.17, 15) is 31.9 Å². The van der Waals surface area contributed by atoms with Crippen LogP contribution in [0.1, 0.15) is 42.0 Å². The molecular formula is C24H25F5N3O3+. The number of aryl methyl sites for hydroxylation is 1. The van der Waals surface area contributed by atoms with Crippen molar-refractivity contribution in [1.29, 1.82) is 0 Å². The van der Waals surface area contributed by atoms with E-state index in [-0.39, 0.29) is 41.4 Å². The van der Waals surface area contributed by atoms with Gasteiger partial charge in [0.2, 0.25) is 0 Å². The summed E-state index contributed by atoms with van der Waals surface area (Å²) in [6.45, 7) is 3.95. The fourth-order valence-electron chi connectivity index (χ4n) is 4.57. The summed E-state index contributed by atoms with van der Waals surface area (Å²) in [6.07, 6.45) is -4.38. The zero-order valence-electron chi connectivity index (χ0n) is 19.4. The lowest BCUT2D eigenvalue weighted by atomic mass is 9.93. The molecule has 1 N–H and O–H groups in total. The molecule has 1 aliphatic heterocycles. The second-order valence-electron chi connectivity index (χ2n) is 9.38. The molecule has 6 nitrogen and oxygen atoms in total. The molecule has 0 aliphatic carbocycles. The summed E-state index contributed by atoms with van der Waals surface area (Å²) in [5.41, 5.74) is -1.54. The van der Waals surface area contributed by atoms with Crippen molar-refractivity contribution in [3.05, 3.63) is 65.1 Å². The van der Waals surface area contributed by atoms with E-state index in [0.717, 1.165) is 12.1 Å². The van der Waals surface area contributed by atoms with Crippen LogP contribution < -0.4 is 4.74 Å². The number of halogens is 5. The van der Waals surface area contributed by atoms with Gasteiger partial charge in [-0.3, -0.25) is 4.40 Å². The Bertz CT molecular complexity index is 1260. The topological polar surface area (TPSA) is 63.8 Å². The monoisotopic (exact) mass is 498 g/mol. The van der Waals surface area contributed by atoms with Gasteiger partial charge in [0, 0.05) is 6.20 Å². The highest BCUT2D eigenvalue weighted by Crippen LogP contribution is 2.41. The molecule has 1 aromatic carbocycles. The summed E-state index contributed by atoms with van der Waals surface area (Å²) < 4.78 is 74.5. The van der Waals surface area contributed by atoms with Crippen molar-refractivity contribution in [2.24, 2.45) is 0 Å². The number of imidazole rings is 1. The highest BCUT2D eigenvalue weighted by Gasteiger charge is 2.63. The van der Waals surface area contributed by atoms with Crippen LogP contribution in [-0.4, -0.2) is 55.8 Å². The fourth-order valence-corrected chi connectivity index (χ4v) is 4.57. The van der Waals surface area contributed by atoms with Gasteiger partial charge < -0.3 is 9.84 Å². The number of hydrogen-bond donors (Lipinski definition) is 1. The second-order valence-corrected chi connectivity index (χ2v) is 9.38. The van der Waals surface area contributed by atoms with E-state index in [1.807, 2.05) is 0 Å². The van der Waals surface area contributed by atoms with Gasteiger partial charge in [-0.05, 0) is 45.0 Å². The van der Waals surface area contributed by atoms with Gasteiger partial charge in [-0.1, -0.05) is 6.07 Å². The number of quaternary nitrogens is 1. The summed E-state index contributed by atoms with van der Waals surface area (Å²) in [5.74, 6) is -2.00. The van der Waals surface area contributed by atoms with Crippen LogP contribution in [0.3, 0.4) is 0 Å². The molecule has 2 aromatic heterocycles. The Morgan fingerprint density at radius 3 is 2.34 bits per heavy atom.